The molecule has 0 radical (unpaired) electrons. The Hall–Kier alpha value is -1.23. The van der Waals surface area contributed by atoms with Gasteiger partial charge >= 0.3 is 6.03 Å². The van der Waals surface area contributed by atoms with Crippen molar-refractivity contribution in [1.29, 1.82) is 0 Å². The normalized spacial score (nSPS) is 15.7. The van der Waals surface area contributed by atoms with Crippen molar-refractivity contribution in [2.24, 2.45) is 0 Å². The van der Waals surface area contributed by atoms with Crippen molar-refractivity contribution in [3.63, 3.8) is 0 Å². The Morgan fingerprint density at radius 2 is 1.89 bits per heavy atom. The second kappa shape index (κ2) is 5.61. The summed E-state index contributed by atoms with van der Waals surface area (Å²) < 4.78 is 1.09. The molecule has 2 amide bonds. The zero-order chi connectivity index (χ0) is 13.1. The third-order valence-electron chi connectivity index (χ3n) is 3.11. The van der Waals surface area contributed by atoms with Gasteiger partial charge in [-0.3, -0.25) is 0 Å². The molecule has 1 aromatic rings. The van der Waals surface area contributed by atoms with Crippen molar-refractivity contribution in [2.75, 3.05) is 45.2 Å². The monoisotopic (exact) mass is 311 g/mol. The SMILES string of the molecule is CN(C)C(=O)N1CCN(c2cccc(Br)c2)CC1. The van der Waals surface area contributed by atoms with Crippen LogP contribution in [-0.4, -0.2) is 56.1 Å². The minimum atomic E-state index is 0.101. The van der Waals surface area contributed by atoms with Gasteiger partial charge in [-0.2, -0.15) is 0 Å². The molecule has 0 N–H and O–H groups in total. The van der Waals surface area contributed by atoms with Crippen LogP contribution in [0.3, 0.4) is 0 Å². The van der Waals surface area contributed by atoms with Crippen molar-refractivity contribution in [3.8, 4) is 0 Å². The molecular weight excluding hydrogens is 294 g/mol. The first-order valence-electron chi connectivity index (χ1n) is 6.04. The molecule has 0 aliphatic carbocycles. The number of urea groups is 1. The number of halogens is 1. The third kappa shape index (κ3) is 2.96. The molecule has 1 heterocycles. The number of nitrogens with zero attached hydrogens (tertiary/aromatic N) is 3. The lowest BCUT2D eigenvalue weighted by Crippen LogP contribution is -2.51. The summed E-state index contributed by atoms with van der Waals surface area (Å²) in [6, 6.07) is 8.38. The molecule has 1 aliphatic heterocycles. The molecule has 1 aromatic carbocycles. The number of anilines is 1. The second-order valence-corrected chi connectivity index (χ2v) is 5.55. The fraction of sp³-hybridized carbons (Fsp3) is 0.462. The molecule has 0 spiro atoms. The molecule has 1 fully saturated rings. The van der Waals surface area contributed by atoms with Crippen LogP contribution in [0.2, 0.25) is 0 Å². The second-order valence-electron chi connectivity index (χ2n) is 4.63. The first-order valence-corrected chi connectivity index (χ1v) is 6.84. The lowest BCUT2D eigenvalue weighted by Gasteiger charge is -2.37. The summed E-state index contributed by atoms with van der Waals surface area (Å²) in [4.78, 5) is 17.7. The molecule has 4 nitrogen and oxygen atoms in total. The highest BCUT2D eigenvalue weighted by atomic mass is 79.9. The van der Waals surface area contributed by atoms with Crippen LogP contribution in [0.25, 0.3) is 0 Å². The van der Waals surface area contributed by atoms with Crippen LogP contribution in [0.1, 0.15) is 0 Å². The minimum absolute atomic E-state index is 0.101. The summed E-state index contributed by atoms with van der Waals surface area (Å²) in [7, 11) is 3.59. The van der Waals surface area contributed by atoms with E-state index in [1.165, 1.54) is 5.69 Å². The lowest BCUT2D eigenvalue weighted by atomic mass is 10.2. The van der Waals surface area contributed by atoms with Crippen LogP contribution in [-0.2, 0) is 0 Å². The van der Waals surface area contributed by atoms with Gasteiger partial charge in [0.1, 0.15) is 0 Å². The smallest absolute Gasteiger partial charge is 0.319 e. The Kier molecular flexibility index (Phi) is 4.11. The number of amides is 2. The number of hydrogen-bond acceptors (Lipinski definition) is 2. The number of carbonyl (C=O) groups is 1. The average molecular weight is 312 g/mol. The van der Waals surface area contributed by atoms with E-state index in [0.717, 1.165) is 30.7 Å². The fourth-order valence-corrected chi connectivity index (χ4v) is 2.50. The zero-order valence-electron chi connectivity index (χ0n) is 10.8. The lowest BCUT2D eigenvalue weighted by molar-refractivity contribution is 0.168. The predicted molar refractivity (Wildman–Crippen MR) is 77.0 cm³/mol. The Balaban J connectivity index is 1.96. The Morgan fingerprint density at radius 3 is 2.44 bits per heavy atom. The number of rotatable bonds is 1. The summed E-state index contributed by atoms with van der Waals surface area (Å²) in [5.74, 6) is 0. The number of carbonyl (C=O) groups excluding carboxylic acids is 1. The zero-order valence-corrected chi connectivity index (χ0v) is 12.4. The fourth-order valence-electron chi connectivity index (χ4n) is 2.11. The van der Waals surface area contributed by atoms with Gasteiger partial charge in [0.05, 0.1) is 0 Å². The topological polar surface area (TPSA) is 26.8 Å². The van der Waals surface area contributed by atoms with Gasteiger partial charge in [-0.1, -0.05) is 22.0 Å². The van der Waals surface area contributed by atoms with Crippen molar-refractivity contribution in [1.82, 2.24) is 9.80 Å². The van der Waals surface area contributed by atoms with Gasteiger partial charge in [0.15, 0.2) is 0 Å². The van der Waals surface area contributed by atoms with Crippen LogP contribution in [0.5, 0.6) is 0 Å². The molecule has 0 unspecified atom stereocenters. The van der Waals surface area contributed by atoms with Crippen LogP contribution in [0, 0.1) is 0 Å². The molecule has 98 valence electrons. The highest BCUT2D eigenvalue weighted by Crippen LogP contribution is 2.21. The van der Waals surface area contributed by atoms with Gasteiger partial charge in [0.25, 0.3) is 0 Å². The van der Waals surface area contributed by atoms with Crippen molar-refractivity contribution in [2.45, 2.75) is 0 Å². The minimum Gasteiger partial charge on any atom is -0.368 e. The van der Waals surface area contributed by atoms with Crippen molar-refractivity contribution >= 4 is 27.6 Å². The highest BCUT2D eigenvalue weighted by molar-refractivity contribution is 9.10. The number of benzene rings is 1. The van der Waals surface area contributed by atoms with Gasteiger partial charge in [-0.15, -0.1) is 0 Å². The van der Waals surface area contributed by atoms with E-state index in [-0.39, 0.29) is 6.03 Å². The van der Waals surface area contributed by atoms with E-state index < -0.39 is 0 Å². The predicted octanol–water partition coefficient (Wildman–Crippen LogP) is 2.25. The molecule has 18 heavy (non-hydrogen) atoms. The average Bonchev–Trinajstić information content (AvgIpc) is 2.38. The summed E-state index contributed by atoms with van der Waals surface area (Å²) in [6.45, 7) is 3.33. The van der Waals surface area contributed by atoms with Gasteiger partial charge in [-0.05, 0) is 18.2 Å². The first kappa shape index (κ1) is 13.2. The van der Waals surface area contributed by atoms with E-state index in [0.29, 0.717) is 0 Å². The molecule has 0 atom stereocenters. The molecular formula is C13H18BrN3O. The Labute approximate surface area is 116 Å². The van der Waals surface area contributed by atoms with E-state index in [4.69, 9.17) is 0 Å². The van der Waals surface area contributed by atoms with Crippen LogP contribution < -0.4 is 4.90 Å². The van der Waals surface area contributed by atoms with E-state index in [1.807, 2.05) is 17.0 Å². The molecule has 5 heteroatoms. The molecule has 2 rings (SSSR count). The first-order chi connectivity index (χ1) is 8.58. The largest absolute Gasteiger partial charge is 0.368 e. The maximum Gasteiger partial charge on any atom is 0.319 e. The quantitative estimate of drug-likeness (QED) is 0.795. The molecule has 0 aromatic heterocycles. The molecule has 1 aliphatic rings. The van der Waals surface area contributed by atoms with Crippen LogP contribution in [0.15, 0.2) is 28.7 Å². The van der Waals surface area contributed by atoms with Gasteiger partial charge < -0.3 is 14.7 Å². The van der Waals surface area contributed by atoms with Gasteiger partial charge in [0, 0.05) is 50.4 Å². The molecule has 0 bridgehead atoms. The van der Waals surface area contributed by atoms with E-state index in [9.17, 15) is 4.79 Å². The maximum absolute atomic E-state index is 11.8. The Morgan fingerprint density at radius 1 is 1.22 bits per heavy atom. The summed E-state index contributed by atoms with van der Waals surface area (Å²) >= 11 is 3.49. The molecule has 1 saturated heterocycles. The summed E-state index contributed by atoms with van der Waals surface area (Å²) in [5, 5.41) is 0. The van der Waals surface area contributed by atoms with Gasteiger partial charge in [0.2, 0.25) is 0 Å². The van der Waals surface area contributed by atoms with Crippen LogP contribution >= 0.6 is 15.9 Å². The van der Waals surface area contributed by atoms with E-state index >= 15 is 0 Å². The summed E-state index contributed by atoms with van der Waals surface area (Å²) in [6.07, 6.45) is 0. The van der Waals surface area contributed by atoms with Gasteiger partial charge in [-0.25, -0.2) is 4.79 Å². The standard InChI is InChI=1S/C13H18BrN3O/c1-15(2)13(18)17-8-6-16(7-9-17)12-5-3-4-11(14)10-12/h3-5,10H,6-9H2,1-2H3. The van der Waals surface area contributed by atoms with Crippen LogP contribution in [0.4, 0.5) is 10.5 Å². The third-order valence-corrected chi connectivity index (χ3v) is 3.60. The highest BCUT2D eigenvalue weighted by Gasteiger charge is 2.22. The van der Waals surface area contributed by atoms with E-state index in [1.54, 1.807) is 19.0 Å². The Bertz CT molecular complexity index is 428. The summed E-state index contributed by atoms with van der Waals surface area (Å²) in [5.41, 5.74) is 1.21. The molecule has 0 saturated carbocycles. The van der Waals surface area contributed by atoms with E-state index in [2.05, 4.69) is 33.0 Å². The van der Waals surface area contributed by atoms with Crippen molar-refractivity contribution < 1.29 is 4.79 Å². The maximum atomic E-state index is 11.8. The van der Waals surface area contributed by atoms with Crippen molar-refractivity contribution in [3.05, 3.63) is 28.7 Å². The number of hydrogen-bond donors (Lipinski definition) is 0. The number of piperazine rings is 1.